The van der Waals surface area contributed by atoms with Gasteiger partial charge in [-0.05, 0) is 85.2 Å². The third kappa shape index (κ3) is 26.1. The van der Waals surface area contributed by atoms with Crippen LogP contribution in [0.5, 0.6) is 0 Å². The molecule has 21 heteroatoms. The molecular weight excluding hydrogens is 985 g/mol. The number of anilines is 1. The van der Waals surface area contributed by atoms with E-state index in [-0.39, 0.29) is 103 Å². The first-order chi connectivity index (χ1) is 34.3. The fraction of sp³-hybridized carbons (Fsp3) is 0.569. The Morgan fingerprint density at radius 3 is 1.71 bits per heavy atom. The summed E-state index contributed by atoms with van der Waals surface area (Å²) in [6, 6.07) is 14.8. The smallest absolute Gasteiger partial charge is 0.317 e. The lowest BCUT2D eigenvalue weighted by atomic mass is 9.93. The second kappa shape index (κ2) is 33.6. The molecule has 0 radical (unpaired) electrons. The molecule has 2 aromatic rings. The number of benzene rings is 2. The van der Waals surface area contributed by atoms with E-state index >= 15 is 0 Å². The van der Waals surface area contributed by atoms with E-state index in [0.717, 1.165) is 40.9 Å². The molecule has 2 aromatic carbocycles. The van der Waals surface area contributed by atoms with E-state index < -0.39 is 47.4 Å². The molecule has 0 aliphatic carbocycles. The number of nitrogens with one attached hydrogen (secondary N) is 2. The summed E-state index contributed by atoms with van der Waals surface area (Å²) in [5.74, 6) is -6.51. The van der Waals surface area contributed by atoms with Crippen LogP contribution in [0.15, 0.2) is 48.5 Å². The van der Waals surface area contributed by atoms with Gasteiger partial charge in [-0.3, -0.25) is 58.0 Å². The molecule has 6 N–H and O–H groups in total. The number of aliphatic carboxylic acids is 4. The van der Waals surface area contributed by atoms with Gasteiger partial charge in [0.25, 0.3) is 0 Å². The lowest BCUT2D eigenvalue weighted by molar-refractivity contribution is -0.144. The van der Waals surface area contributed by atoms with Crippen molar-refractivity contribution in [1.29, 1.82) is 0 Å². The van der Waals surface area contributed by atoms with Gasteiger partial charge >= 0.3 is 23.9 Å². The molecule has 1 fully saturated rings. The number of carbonyl (C=O) groups excluding carboxylic acids is 4. The second-order valence-corrected chi connectivity index (χ2v) is 20.5. The Hall–Kier alpha value is -5.03. The first-order valence-electron chi connectivity index (χ1n) is 24.4. The first kappa shape index (κ1) is 61.3. The average molecular weight is 1060 g/mol. The summed E-state index contributed by atoms with van der Waals surface area (Å²) in [4.78, 5) is 109. The minimum absolute atomic E-state index is 0.0265. The number of carboxylic acid groups (broad SMARTS) is 4. The number of unbranched alkanes of at least 4 members (excludes halogenated alkanes) is 2. The van der Waals surface area contributed by atoms with Gasteiger partial charge in [0.15, 0.2) is 11.6 Å². The zero-order valence-corrected chi connectivity index (χ0v) is 44.0. The fourth-order valence-corrected chi connectivity index (χ4v) is 9.28. The molecule has 1 heterocycles. The van der Waals surface area contributed by atoms with Crippen LogP contribution in [0.3, 0.4) is 0 Å². The molecule has 1 amide bonds. The Labute approximate surface area is 437 Å². The summed E-state index contributed by atoms with van der Waals surface area (Å²) in [5, 5.41) is 44.1. The number of carbonyl (C=O) groups is 8. The number of nitrogens with zero attached hydrogens (tertiary/aromatic N) is 4. The van der Waals surface area contributed by atoms with Crippen LogP contribution in [0.25, 0.3) is 0 Å². The van der Waals surface area contributed by atoms with Crippen LogP contribution < -0.4 is 10.6 Å². The Kier molecular flexibility index (Phi) is 28.6. The van der Waals surface area contributed by atoms with Crippen molar-refractivity contribution < 1.29 is 58.8 Å². The SMILES string of the molecule is CSCC[C@H](CC(=O)c1cccc(CCC(=O)CN2CCN(CC(=O)O)CCN(CC(=O)O)CCN(CC(=O)O)CC2)c1)C(=O)NCC(=O)C[C@@H](CCCCCC(=S)Cc1ccc(NC(C)=S)cc1)C(=O)O. The van der Waals surface area contributed by atoms with Crippen LogP contribution in [0.1, 0.15) is 86.2 Å². The second-order valence-electron chi connectivity index (χ2n) is 18.3. The minimum Gasteiger partial charge on any atom is -0.481 e. The molecule has 0 bridgehead atoms. The number of carboxylic acids is 4. The molecule has 0 aromatic heterocycles. The van der Waals surface area contributed by atoms with Crippen LogP contribution in [0.4, 0.5) is 5.69 Å². The van der Waals surface area contributed by atoms with Gasteiger partial charge < -0.3 is 31.1 Å². The highest BCUT2D eigenvalue weighted by molar-refractivity contribution is 7.98. The molecule has 0 unspecified atom stereocenters. The van der Waals surface area contributed by atoms with Gasteiger partial charge in [-0.25, -0.2) is 0 Å². The van der Waals surface area contributed by atoms with E-state index in [9.17, 15) is 58.8 Å². The highest BCUT2D eigenvalue weighted by Gasteiger charge is 2.26. The molecule has 2 atom stereocenters. The number of ketones is 3. The third-order valence-corrected chi connectivity index (χ3v) is 13.4. The van der Waals surface area contributed by atoms with Gasteiger partial charge in [0.2, 0.25) is 5.91 Å². The summed E-state index contributed by atoms with van der Waals surface area (Å²) in [5.41, 5.74) is 3.11. The third-order valence-electron chi connectivity index (χ3n) is 12.3. The average Bonchev–Trinajstić information content (AvgIpc) is 3.31. The van der Waals surface area contributed by atoms with Gasteiger partial charge in [-0.2, -0.15) is 11.8 Å². The normalized spacial score (nSPS) is 15.2. The number of rotatable bonds is 32. The van der Waals surface area contributed by atoms with E-state index in [0.29, 0.717) is 61.5 Å². The predicted molar refractivity (Wildman–Crippen MR) is 285 cm³/mol. The molecule has 1 saturated heterocycles. The van der Waals surface area contributed by atoms with E-state index in [2.05, 4.69) is 10.6 Å². The number of amides is 1. The molecular formula is C51H72N6O12S3. The number of thiocarbonyl (C=S) groups is 2. The monoisotopic (exact) mass is 1060 g/mol. The van der Waals surface area contributed by atoms with Crippen molar-refractivity contribution in [3.63, 3.8) is 0 Å². The summed E-state index contributed by atoms with van der Waals surface area (Å²) in [6.07, 6.45) is 6.24. The first-order valence-corrected chi connectivity index (χ1v) is 26.6. The predicted octanol–water partition coefficient (Wildman–Crippen LogP) is 4.70. The van der Waals surface area contributed by atoms with Crippen molar-refractivity contribution in [3.8, 4) is 0 Å². The molecule has 3 rings (SSSR count). The molecule has 72 heavy (non-hydrogen) atoms. The highest BCUT2D eigenvalue weighted by Crippen LogP contribution is 2.20. The van der Waals surface area contributed by atoms with E-state index in [1.54, 1.807) is 39.0 Å². The van der Waals surface area contributed by atoms with Crippen LogP contribution in [0, 0.1) is 11.8 Å². The molecule has 396 valence electrons. The summed E-state index contributed by atoms with van der Waals surface area (Å²) in [7, 11) is 0. The van der Waals surface area contributed by atoms with Crippen molar-refractivity contribution in [2.45, 2.75) is 77.6 Å². The molecule has 1 aliphatic heterocycles. The van der Waals surface area contributed by atoms with Gasteiger partial charge in [0, 0.05) is 95.2 Å². The van der Waals surface area contributed by atoms with Crippen molar-refractivity contribution in [1.82, 2.24) is 24.9 Å². The number of aryl methyl sites for hydroxylation is 1. The summed E-state index contributed by atoms with van der Waals surface area (Å²) >= 11 is 12.2. The molecule has 0 saturated carbocycles. The van der Waals surface area contributed by atoms with Crippen molar-refractivity contribution in [3.05, 3.63) is 65.2 Å². The van der Waals surface area contributed by atoms with Gasteiger partial charge in [0.05, 0.1) is 43.6 Å². The minimum atomic E-state index is -1.07. The Morgan fingerprint density at radius 2 is 1.19 bits per heavy atom. The Bertz CT molecular complexity index is 2130. The Morgan fingerprint density at radius 1 is 0.639 bits per heavy atom. The van der Waals surface area contributed by atoms with Gasteiger partial charge in [-0.1, -0.05) is 67.6 Å². The zero-order chi connectivity index (χ0) is 53.0. The number of hydrogen-bond acceptors (Lipinski definition) is 15. The number of thioether (sulfide) groups is 1. The quantitative estimate of drug-likeness (QED) is 0.0330. The number of Topliss-reactive ketones (excluding diaryl/α,β-unsaturated/α-hetero) is 3. The zero-order valence-electron chi connectivity index (χ0n) is 41.5. The standard InChI is InChI=1S/C51H72N6O12S3/c1-36(70)53-42-14-11-38(12-15-42)28-45(71)10-5-3-4-8-41(51(68)69)29-44(59)31-52-50(67)40(17-26-72-2)30-46(60)39-9-6-7-37(27-39)13-16-43(58)32-54-18-20-55(33-47(61)62)22-24-57(35-49(65)66)25-23-56(21-19-54)34-48(63)64/h6-7,9,11-12,14-15,27,40-41H,3-5,8,10,13,16-26,28-35H2,1-2H3,(H,52,67)(H,53,70)(H,61,62)(H,63,64)(H,65,66)(H,68,69)/t40-,41-/m1/s1. The maximum Gasteiger partial charge on any atom is 0.317 e. The highest BCUT2D eigenvalue weighted by atomic mass is 32.2. The van der Waals surface area contributed by atoms with Crippen LogP contribution in [-0.2, 0) is 46.4 Å². The van der Waals surface area contributed by atoms with Gasteiger partial charge in [-0.15, -0.1) is 0 Å². The lowest BCUT2D eigenvalue weighted by Crippen LogP contribution is -2.49. The van der Waals surface area contributed by atoms with E-state index in [4.69, 9.17) is 24.4 Å². The van der Waals surface area contributed by atoms with E-state index in [1.807, 2.05) is 42.3 Å². The largest absolute Gasteiger partial charge is 0.481 e. The van der Waals surface area contributed by atoms with Crippen molar-refractivity contribution in [2.24, 2.45) is 11.8 Å². The summed E-state index contributed by atoms with van der Waals surface area (Å²) in [6.45, 7) is 2.91. The summed E-state index contributed by atoms with van der Waals surface area (Å²) < 4.78 is 0. The Balaban J connectivity index is 1.51. The van der Waals surface area contributed by atoms with Crippen molar-refractivity contribution in [2.75, 3.05) is 102 Å². The number of hydrogen-bond donors (Lipinski definition) is 6. The topological polar surface area (TPSA) is 254 Å². The maximum atomic E-state index is 13.6. The van der Waals surface area contributed by atoms with Crippen LogP contribution >= 0.6 is 36.2 Å². The molecule has 0 spiro atoms. The maximum absolute atomic E-state index is 13.6. The molecule has 18 nitrogen and oxygen atoms in total. The van der Waals surface area contributed by atoms with Gasteiger partial charge in [0.1, 0.15) is 5.78 Å². The van der Waals surface area contributed by atoms with Crippen molar-refractivity contribution >= 4 is 98.9 Å². The fourth-order valence-electron chi connectivity index (χ4n) is 8.33. The molecule has 1 aliphatic rings. The lowest BCUT2D eigenvalue weighted by Gasteiger charge is -2.32. The van der Waals surface area contributed by atoms with E-state index in [1.165, 1.54) is 11.8 Å². The van der Waals surface area contributed by atoms with Crippen LogP contribution in [0.2, 0.25) is 0 Å². The van der Waals surface area contributed by atoms with Crippen LogP contribution in [-0.4, -0.2) is 194 Å².